The smallest absolute Gasteiger partial charge is 0.232 e. The fourth-order valence-corrected chi connectivity index (χ4v) is 3.86. The number of rotatable bonds is 8. The summed E-state index contributed by atoms with van der Waals surface area (Å²) in [5.41, 5.74) is 4.09. The van der Waals surface area contributed by atoms with Crippen LogP contribution in [-0.2, 0) is 14.8 Å². The summed E-state index contributed by atoms with van der Waals surface area (Å²) in [7, 11) is -3.39. The molecule has 0 heterocycles. The van der Waals surface area contributed by atoms with Gasteiger partial charge in [0.25, 0.3) is 0 Å². The van der Waals surface area contributed by atoms with Gasteiger partial charge in [0.1, 0.15) is 0 Å². The van der Waals surface area contributed by atoms with Gasteiger partial charge in [-0.1, -0.05) is 36.4 Å². The van der Waals surface area contributed by atoms with Crippen molar-refractivity contribution < 1.29 is 13.2 Å². The van der Waals surface area contributed by atoms with Gasteiger partial charge in [0, 0.05) is 13.0 Å². The molecule has 2 aromatic carbocycles. The lowest BCUT2D eigenvalue weighted by atomic mass is 10.0. The molecular weight excluding hydrogens is 360 g/mol. The van der Waals surface area contributed by atoms with Crippen molar-refractivity contribution in [2.75, 3.05) is 17.1 Å². The molecule has 0 aliphatic heterocycles. The molecular formula is C21H28N2O3S. The Morgan fingerprint density at radius 2 is 1.74 bits per heavy atom. The van der Waals surface area contributed by atoms with Crippen LogP contribution in [0.1, 0.15) is 42.5 Å². The van der Waals surface area contributed by atoms with Crippen molar-refractivity contribution in [2.45, 2.75) is 39.7 Å². The Labute approximate surface area is 162 Å². The van der Waals surface area contributed by atoms with Gasteiger partial charge in [-0.3, -0.25) is 9.10 Å². The fourth-order valence-electron chi connectivity index (χ4n) is 2.89. The van der Waals surface area contributed by atoms with Gasteiger partial charge in [-0.15, -0.1) is 0 Å². The minimum atomic E-state index is -3.39. The van der Waals surface area contributed by atoms with Crippen molar-refractivity contribution in [3.63, 3.8) is 0 Å². The Kier molecular flexibility index (Phi) is 7.02. The first-order chi connectivity index (χ1) is 12.7. The molecule has 0 aliphatic carbocycles. The maximum atomic E-state index is 12.3. The van der Waals surface area contributed by atoms with Crippen LogP contribution >= 0.6 is 0 Å². The standard InChI is InChI=1S/C21H28N2O3S/c1-16-12-13-19(15-17(16)2)18(3)22-21(24)11-8-14-23(27(4,25)26)20-9-6-5-7-10-20/h5-7,9-10,12-13,15,18H,8,11,14H2,1-4H3,(H,22,24)/t18-/m0/s1. The largest absolute Gasteiger partial charge is 0.350 e. The zero-order valence-electron chi connectivity index (χ0n) is 16.4. The lowest BCUT2D eigenvalue weighted by molar-refractivity contribution is -0.121. The van der Waals surface area contributed by atoms with Crippen molar-refractivity contribution in [2.24, 2.45) is 0 Å². The van der Waals surface area contributed by atoms with Crippen LogP contribution in [0.2, 0.25) is 0 Å². The second-order valence-electron chi connectivity index (χ2n) is 6.91. The fraction of sp³-hybridized carbons (Fsp3) is 0.381. The Hall–Kier alpha value is -2.34. The quantitative estimate of drug-likeness (QED) is 0.749. The van der Waals surface area contributed by atoms with E-state index in [9.17, 15) is 13.2 Å². The lowest BCUT2D eigenvalue weighted by Gasteiger charge is -2.22. The second-order valence-corrected chi connectivity index (χ2v) is 8.81. The number of para-hydroxylation sites is 1. The number of nitrogens with zero attached hydrogens (tertiary/aromatic N) is 1. The molecule has 0 radical (unpaired) electrons. The van der Waals surface area contributed by atoms with Gasteiger partial charge in [0.05, 0.1) is 18.0 Å². The van der Waals surface area contributed by atoms with E-state index in [1.54, 1.807) is 24.3 Å². The molecule has 0 fully saturated rings. The van der Waals surface area contributed by atoms with Gasteiger partial charge < -0.3 is 5.32 Å². The van der Waals surface area contributed by atoms with Gasteiger partial charge in [-0.05, 0) is 56.0 Å². The Morgan fingerprint density at radius 3 is 2.33 bits per heavy atom. The first-order valence-electron chi connectivity index (χ1n) is 9.08. The predicted molar refractivity (Wildman–Crippen MR) is 110 cm³/mol. The van der Waals surface area contributed by atoms with Crippen molar-refractivity contribution in [3.05, 3.63) is 65.2 Å². The SMILES string of the molecule is Cc1ccc([C@H](C)NC(=O)CCCN(c2ccccc2)S(C)(=O)=O)cc1C. The minimum Gasteiger partial charge on any atom is -0.350 e. The average Bonchev–Trinajstić information content (AvgIpc) is 2.60. The number of anilines is 1. The number of aryl methyl sites for hydroxylation is 2. The third-order valence-electron chi connectivity index (χ3n) is 4.62. The zero-order chi connectivity index (χ0) is 20.0. The predicted octanol–water partition coefficient (Wildman–Crippen LogP) is 3.73. The van der Waals surface area contributed by atoms with Crippen LogP contribution in [0, 0.1) is 13.8 Å². The van der Waals surface area contributed by atoms with Crippen molar-refractivity contribution in [3.8, 4) is 0 Å². The molecule has 0 saturated carbocycles. The van der Waals surface area contributed by atoms with E-state index >= 15 is 0 Å². The number of carbonyl (C=O) groups is 1. The number of amides is 1. The summed E-state index contributed by atoms with van der Waals surface area (Å²) in [4.78, 5) is 12.3. The summed E-state index contributed by atoms with van der Waals surface area (Å²) in [5.74, 6) is -0.0813. The third-order valence-corrected chi connectivity index (χ3v) is 5.81. The molecule has 0 bridgehead atoms. The number of hydrogen-bond donors (Lipinski definition) is 1. The second kappa shape index (κ2) is 9.04. The van der Waals surface area contributed by atoms with Crippen LogP contribution in [0.5, 0.6) is 0 Å². The van der Waals surface area contributed by atoms with E-state index in [4.69, 9.17) is 0 Å². The normalized spacial score (nSPS) is 12.4. The maximum absolute atomic E-state index is 12.3. The van der Waals surface area contributed by atoms with E-state index in [0.717, 1.165) is 5.56 Å². The Balaban J connectivity index is 1.91. The van der Waals surface area contributed by atoms with E-state index in [-0.39, 0.29) is 24.9 Å². The van der Waals surface area contributed by atoms with Gasteiger partial charge in [-0.2, -0.15) is 0 Å². The molecule has 0 unspecified atom stereocenters. The molecule has 27 heavy (non-hydrogen) atoms. The van der Waals surface area contributed by atoms with Crippen LogP contribution < -0.4 is 9.62 Å². The molecule has 2 rings (SSSR count). The zero-order valence-corrected chi connectivity index (χ0v) is 17.2. The highest BCUT2D eigenvalue weighted by Crippen LogP contribution is 2.19. The highest BCUT2D eigenvalue weighted by Gasteiger charge is 2.17. The molecule has 5 nitrogen and oxygen atoms in total. The third kappa shape index (κ3) is 6.10. The number of nitrogens with one attached hydrogen (secondary N) is 1. The van der Waals surface area contributed by atoms with Gasteiger partial charge in [-0.25, -0.2) is 8.42 Å². The monoisotopic (exact) mass is 388 g/mol. The number of carbonyl (C=O) groups excluding carboxylic acids is 1. The van der Waals surface area contributed by atoms with E-state index in [1.807, 2.05) is 19.1 Å². The highest BCUT2D eigenvalue weighted by atomic mass is 32.2. The Morgan fingerprint density at radius 1 is 1.07 bits per heavy atom. The summed E-state index contributed by atoms with van der Waals surface area (Å²) in [6.45, 7) is 6.34. The van der Waals surface area contributed by atoms with Crippen LogP contribution in [0.15, 0.2) is 48.5 Å². The van der Waals surface area contributed by atoms with Crippen LogP contribution in [0.3, 0.4) is 0 Å². The van der Waals surface area contributed by atoms with E-state index in [1.165, 1.54) is 21.7 Å². The van der Waals surface area contributed by atoms with Gasteiger partial charge in [0.2, 0.25) is 15.9 Å². The van der Waals surface area contributed by atoms with Crippen molar-refractivity contribution in [1.29, 1.82) is 0 Å². The molecule has 1 amide bonds. The number of hydrogen-bond acceptors (Lipinski definition) is 3. The van der Waals surface area contributed by atoms with E-state index in [0.29, 0.717) is 12.1 Å². The van der Waals surface area contributed by atoms with E-state index < -0.39 is 10.0 Å². The summed E-state index contributed by atoms with van der Waals surface area (Å²) in [5, 5.41) is 2.99. The summed E-state index contributed by atoms with van der Waals surface area (Å²) in [6, 6.07) is 15.0. The van der Waals surface area contributed by atoms with Crippen LogP contribution in [0.4, 0.5) is 5.69 Å². The first-order valence-corrected chi connectivity index (χ1v) is 10.9. The molecule has 1 atom stereocenters. The molecule has 0 saturated heterocycles. The molecule has 0 spiro atoms. The molecule has 0 aromatic heterocycles. The molecule has 0 aliphatic rings. The first kappa shape index (κ1) is 21.0. The van der Waals surface area contributed by atoms with Crippen molar-refractivity contribution >= 4 is 21.6 Å². The number of benzene rings is 2. The highest BCUT2D eigenvalue weighted by molar-refractivity contribution is 7.92. The average molecular weight is 389 g/mol. The molecule has 2 aromatic rings. The molecule has 146 valence electrons. The summed E-state index contributed by atoms with van der Waals surface area (Å²) < 4.78 is 25.5. The van der Waals surface area contributed by atoms with Crippen LogP contribution in [-0.4, -0.2) is 27.1 Å². The maximum Gasteiger partial charge on any atom is 0.232 e. The summed E-state index contributed by atoms with van der Waals surface area (Å²) >= 11 is 0. The lowest BCUT2D eigenvalue weighted by Crippen LogP contribution is -2.32. The number of sulfonamides is 1. The van der Waals surface area contributed by atoms with Crippen LogP contribution in [0.25, 0.3) is 0 Å². The molecule has 1 N–H and O–H groups in total. The van der Waals surface area contributed by atoms with Gasteiger partial charge in [0.15, 0.2) is 0 Å². The van der Waals surface area contributed by atoms with E-state index in [2.05, 4.69) is 31.3 Å². The Bertz CT molecular complexity index is 880. The molecule has 6 heteroatoms. The van der Waals surface area contributed by atoms with Gasteiger partial charge >= 0.3 is 0 Å². The van der Waals surface area contributed by atoms with Crippen molar-refractivity contribution in [1.82, 2.24) is 5.32 Å². The minimum absolute atomic E-state index is 0.0813. The summed E-state index contributed by atoms with van der Waals surface area (Å²) in [6.07, 6.45) is 1.91. The topological polar surface area (TPSA) is 66.5 Å².